The molecule has 212 valence electrons. The van der Waals surface area contributed by atoms with Gasteiger partial charge >= 0.3 is 0 Å². The van der Waals surface area contributed by atoms with Gasteiger partial charge in [-0.1, -0.05) is 6.07 Å². The maximum atomic E-state index is 13.4. The van der Waals surface area contributed by atoms with Gasteiger partial charge in [0.2, 0.25) is 5.95 Å². The van der Waals surface area contributed by atoms with Crippen LogP contribution < -0.4 is 9.62 Å². The van der Waals surface area contributed by atoms with Gasteiger partial charge in [0.1, 0.15) is 5.82 Å². The zero-order chi connectivity index (χ0) is 29.3. The predicted octanol–water partition coefficient (Wildman–Crippen LogP) is 5.61. The molecule has 0 radical (unpaired) electrons. The predicted molar refractivity (Wildman–Crippen MR) is 157 cm³/mol. The number of nitrogens with one attached hydrogen (secondary N) is 1. The molecule has 0 spiro atoms. The van der Waals surface area contributed by atoms with Crippen LogP contribution in [0.2, 0.25) is 0 Å². The number of carbonyl (C=O) groups excluding carboxylic acids is 1. The summed E-state index contributed by atoms with van der Waals surface area (Å²) < 4.78 is 48.1. The molecule has 1 N–H and O–H groups in total. The lowest BCUT2D eigenvalue weighted by Gasteiger charge is -2.19. The number of nitrogens with zero attached hydrogens (tertiary/aromatic N) is 5. The lowest BCUT2D eigenvalue weighted by atomic mass is 10.2. The number of carbonyl (C=O) groups is 1. The highest BCUT2D eigenvalue weighted by Crippen LogP contribution is 2.31. The van der Waals surface area contributed by atoms with Crippen molar-refractivity contribution in [1.82, 2.24) is 19.5 Å². The number of thiophene rings is 1. The van der Waals surface area contributed by atoms with Crippen LogP contribution in [0.3, 0.4) is 0 Å². The molecule has 6 aromatic rings. The van der Waals surface area contributed by atoms with Crippen LogP contribution in [-0.4, -0.2) is 40.9 Å². The molecule has 0 unspecified atom stereocenters. The summed E-state index contributed by atoms with van der Waals surface area (Å²) in [4.78, 5) is 27.2. The number of hydrogen-bond acceptors (Lipinski definition) is 8. The van der Waals surface area contributed by atoms with Crippen LogP contribution in [0.5, 0.6) is 0 Å². The molecular formula is C29H23FN6O4S2. The van der Waals surface area contributed by atoms with Crippen molar-refractivity contribution < 1.29 is 22.0 Å². The van der Waals surface area contributed by atoms with E-state index in [0.717, 1.165) is 26.9 Å². The third-order valence-corrected chi connectivity index (χ3v) is 9.54. The molecule has 0 fully saturated rings. The second kappa shape index (κ2) is 11.2. The Morgan fingerprint density at radius 3 is 2.64 bits per heavy atom. The van der Waals surface area contributed by atoms with Gasteiger partial charge in [-0.3, -0.25) is 19.4 Å². The van der Waals surface area contributed by atoms with Gasteiger partial charge in [0.15, 0.2) is 12.2 Å². The van der Waals surface area contributed by atoms with Gasteiger partial charge in [0.05, 0.1) is 37.6 Å². The van der Waals surface area contributed by atoms with Gasteiger partial charge in [-0.15, -0.1) is 11.3 Å². The van der Waals surface area contributed by atoms with Crippen molar-refractivity contribution in [1.29, 1.82) is 0 Å². The van der Waals surface area contributed by atoms with Crippen LogP contribution in [0.15, 0.2) is 101 Å². The molecule has 0 saturated carbocycles. The summed E-state index contributed by atoms with van der Waals surface area (Å²) in [6.07, 6.45) is 7.01. The largest absolute Gasteiger partial charge is 0.443 e. The Hall–Kier alpha value is -4.88. The number of amides is 1. The topological polar surface area (TPSA) is 123 Å². The molecule has 4 aromatic heterocycles. The molecule has 0 aliphatic heterocycles. The summed E-state index contributed by atoms with van der Waals surface area (Å²) in [7, 11) is -2.53. The quantitative estimate of drug-likeness (QED) is 0.228. The van der Waals surface area contributed by atoms with Gasteiger partial charge in [-0.05, 0) is 72.6 Å². The average molecular weight is 603 g/mol. The summed E-state index contributed by atoms with van der Waals surface area (Å²) in [6.45, 7) is 0.481. The van der Waals surface area contributed by atoms with Crippen LogP contribution in [0.25, 0.3) is 21.7 Å². The van der Waals surface area contributed by atoms with Crippen LogP contribution in [0.1, 0.15) is 15.2 Å². The van der Waals surface area contributed by atoms with E-state index >= 15 is 0 Å². The summed E-state index contributed by atoms with van der Waals surface area (Å²) in [6, 6.07) is 17.0. The smallest absolute Gasteiger partial charge is 0.268 e. The molecule has 2 aromatic carbocycles. The molecule has 6 rings (SSSR count). The van der Waals surface area contributed by atoms with Crippen molar-refractivity contribution >= 4 is 49.9 Å². The zero-order valence-electron chi connectivity index (χ0n) is 22.1. The van der Waals surface area contributed by atoms with Crippen molar-refractivity contribution in [3.05, 3.63) is 108 Å². The Morgan fingerprint density at radius 2 is 1.90 bits per heavy atom. The molecule has 0 aliphatic carbocycles. The van der Waals surface area contributed by atoms with Crippen molar-refractivity contribution in [2.45, 2.75) is 17.9 Å². The van der Waals surface area contributed by atoms with Crippen LogP contribution >= 0.6 is 11.3 Å². The number of fused-ring (bicyclic) bond motifs is 1. The van der Waals surface area contributed by atoms with Crippen LogP contribution in [0, 0.1) is 5.82 Å². The Kier molecular flexibility index (Phi) is 7.27. The third-order valence-electron chi connectivity index (χ3n) is 6.64. The number of pyridine rings is 1. The fourth-order valence-electron chi connectivity index (χ4n) is 4.42. The average Bonchev–Trinajstić information content (AvgIpc) is 3.76. The molecule has 0 atom stereocenters. The van der Waals surface area contributed by atoms with E-state index < -0.39 is 15.8 Å². The van der Waals surface area contributed by atoms with E-state index in [-0.39, 0.29) is 10.8 Å². The fraction of sp³-hybridized carbons (Fsp3) is 0.103. The first-order valence-electron chi connectivity index (χ1n) is 12.7. The Bertz CT molecular complexity index is 1970. The summed E-state index contributed by atoms with van der Waals surface area (Å²) in [5.74, 6) is 0.00537. The monoisotopic (exact) mass is 602 g/mol. The second-order valence-corrected chi connectivity index (χ2v) is 12.3. The summed E-state index contributed by atoms with van der Waals surface area (Å²) in [5.41, 5.74) is 2.56. The lowest BCUT2D eigenvalue weighted by molar-refractivity contribution is 0.102. The number of aryl methyl sites for hydroxylation is 2. The molecule has 1 amide bonds. The zero-order valence-corrected chi connectivity index (χ0v) is 23.8. The number of sulfonamides is 1. The van der Waals surface area contributed by atoms with Gasteiger partial charge in [-0.25, -0.2) is 22.8 Å². The van der Waals surface area contributed by atoms with Crippen molar-refractivity contribution in [2.24, 2.45) is 0 Å². The first kappa shape index (κ1) is 27.3. The number of rotatable bonds is 9. The number of benzene rings is 2. The molecule has 4 heterocycles. The normalized spacial score (nSPS) is 11.6. The van der Waals surface area contributed by atoms with E-state index in [1.807, 2.05) is 16.7 Å². The van der Waals surface area contributed by atoms with Crippen molar-refractivity contribution in [3.63, 3.8) is 0 Å². The Labute approximate surface area is 244 Å². The first-order valence-corrected chi connectivity index (χ1v) is 15.0. The number of hydrogen-bond donors (Lipinski definition) is 1. The minimum absolute atomic E-state index is 0.0397. The minimum Gasteiger partial charge on any atom is -0.443 e. The molecular weight excluding hydrogens is 579 g/mol. The van der Waals surface area contributed by atoms with E-state index in [0.29, 0.717) is 46.3 Å². The minimum atomic E-state index is -3.95. The highest BCUT2D eigenvalue weighted by molar-refractivity contribution is 7.92. The first-order chi connectivity index (χ1) is 20.3. The molecule has 0 bridgehead atoms. The van der Waals surface area contributed by atoms with Gasteiger partial charge in [0, 0.05) is 26.0 Å². The third kappa shape index (κ3) is 5.39. The maximum Gasteiger partial charge on any atom is 0.268 e. The van der Waals surface area contributed by atoms with Gasteiger partial charge < -0.3 is 8.98 Å². The summed E-state index contributed by atoms with van der Waals surface area (Å²) in [5, 5.41) is 2.92. The highest BCUT2D eigenvalue weighted by atomic mass is 32.2. The maximum absolute atomic E-state index is 13.4. The van der Waals surface area contributed by atoms with E-state index in [9.17, 15) is 17.6 Å². The molecule has 13 heteroatoms. The number of halogens is 1. The van der Waals surface area contributed by atoms with Crippen LogP contribution in [0.4, 0.5) is 16.0 Å². The standard InChI is InChI=1S/C29H23FN6O4S2/c1-35(42(38,39)22-7-4-20(30)5-8-22)21-6-9-24-23(15-21)33-29(36(24)14-12-19-3-2-13-31-16-19)34-28(37)27-11-10-26(41-27)25-17-32-18-40-25/h2-11,13,15-18H,12,14H2,1H3,(H,33,34,37). The molecule has 0 saturated heterocycles. The highest BCUT2D eigenvalue weighted by Gasteiger charge is 2.23. The molecule has 0 aliphatic rings. The van der Waals surface area contributed by atoms with Crippen molar-refractivity contribution in [2.75, 3.05) is 16.7 Å². The van der Waals surface area contributed by atoms with Crippen LogP contribution in [-0.2, 0) is 23.0 Å². The number of oxazole rings is 1. The Balaban J connectivity index is 1.33. The number of imidazole rings is 1. The van der Waals surface area contributed by atoms with Gasteiger partial charge in [-0.2, -0.15) is 0 Å². The van der Waals surface area contributed by atoms with E-state index in [1.165, 1.54) is 36.9 Å². The SMILES string of the molecule is CN(c1ccc2c(c1)nc(NC(=O)c1ccc(-c3cnco3)s1)n2CCc1cccnc1)S(=O)(=O)c1ccc(F)cc1. The second-order valence-electron chi connectivity index (χ2n) is 9.28. The van der Waals surface area contributed by atoms with E-state index in [1.54, 1.807) is 48.9 Å². The van der Waals surface area contributed by atoms with Gasteiger partial charge in [0.25, 0.3) is 15.9 Å². The summed E-state index contributed by atoms with van der Waals surface area (Å²) >= 11 is 1.26. The Morgan fingerprint density at radius 1 is 1.07 bits per heavy atom. The van der Waals surface area contributed by atoms with E-state index in [4.69, 9.17) is 4.42 Å². The fourth-order valence-corrected chi connectivity index (χ4v) is 6.46. The number of anilines is 2. The number of aromatic nitrogens is 4. The lowest BCUT2D eigenvalue weighted by Crippen LogP contribution is -2.26. The van der Waals surface area contributed by atoms with E-state index in [2.05, 4.69) is 20.3 Å². The molecule has 10 nitrogen and oxygen atoms in total. The van der Waals surface area contributed by atoms with Crippen molar-refractivity contribution in [3.8, 4) is 10.6 Å². The molecule has 42 heavy (non-hydrogen) atoms.